The van der Waals surface area contributed by atoms with Crippen LogP contribution >= 0.6 is 0 Å². The molecular weight excluding hydrogens is 226 g/mol. The molecule has 0 aliphatic rings. The van der Waals surface area contributed by atoms with E-state index in [-0.39, 0.29) is 5.56 Å². The van der Waals surface area contributed by atoms with Crippen LogP contribution in [0.1, 0.15) is 10.4 Å². The van der Waals surface area contributed by atoms with Gasteiger partial charge in [-0.05, 0) is 18.2 Å². The Morgan fingerprint density at radius 1 is 1.12 bits per heavy atom. The Balaban J connectivity index is 2.24. The molecule has 17 heavy (non-hydrogen) atoms. The average Bonchev–Trinajstić information content (AvgIpc) is 2.34. The van der Waals surface area contributed by atoms with Gasteiger partial charge in [-0.3, -0.25) is 4.79 Å². The number of carbonyl (C=O) groups excluding carboxylic acids is 1. The summed E-state index contributed by atoms with van der Waals surface area (Å²) in [4.78, 5) is 14.7. The lowest BCUT2D eigenvalue weighted by Gasteiger charge is -2.05. The van der Waals surface area contributed by atoms with Crippen LogP contribution in [0, 0.1) is 11.8 Å². The van der Waals surface area contributed by atoms with Gasteiger partial charge in [0.05, 0.1) is 5.56 Å². The number of para-hydroxylation sites is 1. The fourth-order valence-electron chi connectivity index (χ4n) is 1.31. The average molecular weight is 234 g/mol. The molecule has 0 saturated carbocycles. The molecule has 0 bridgehead atoms. The van der Waals surface area contributed by atoms with Crippen molar-refractivity contribution in [1.29, 1.82) is 0 Å². The number of anilines is 1. The molecule has 1 aromatic heterocycles. The van der Waals surface area contributed by atoms with Crippen molar-refractivity contribution < 1.29 is 13.6 Å². The van der Waals surface area contributed by atoms with Gasteiger partial charge in [0.15, 0.2) is 5.82 Å². The summed E-state index contributed by atoms with van der Waals surface area (Å²) in [6.45, 7) is 0. The first-order valence-electron chi connectivity index (χ1n) is 4.85. The molecule has 0 saturated heterocycles. The number of nitrogens with zero attached hydrogens (tertiary/aromatic N) is 1. The summed E-state index contributed by atoms with van der Waals surface area (Å²) in [7, 11) is 0. The van der Waals surface area contributed by atoms with Crippen molar-refractivity contribution >= 4 is 11.6 Å². The van der Waals surface area contributed by atoms with Gasteiger partial charge in [0.25, 0.3) is 5.91 Å². The SMILES string of the molecule is O=C(Nc1ccccc1)c1ccnc(F)c1F. The van der Waals surface area contributed by atoms with Crippen LogP contribution in [0.4, 0.5) is 14.5 Å². The first-order valence-corrected chi connectivity index (χ1v) is 4.85. The number of carbonyl (C=O) groups is 1. The zero-order chi connectivity index (χ0) is 12.3. The predicted molar refractivity (Wildman–Crippen MR) is 58.5 cm³/mol. The van der Waals surface area contributed by atoms with Crippen molar-refractivity contribution in [3.8, 4) is 0 Å². The first-order chi connectivity index (χ1) is 8.18. The van der Waals surface area contributed by atoms with Gasteiger partial charge in [-0.15, -0.1) is 0 Å². The van der Waals surface area contributed by atoms with Crippen LogP contribution in [0.2, 0.25) is 0 Å². The lowest BCUT2D eigenvalue weighted by atomic mass is 10.2. The molecule has 1 aromatic carbocycles. The van der Waals surface area contributed by atoms with Crippen molar-refractivity contribution in [1.82, 2.24) is 4.98 Å². The lowest BCUT2D eigenvalue weighted by Crippen LogP contribution is -2.14. The molecule has 0 atom stereocenters. The van der Waals surface area contributed by atoms with E-state index in [1.54, 1.807) is 30.3 Å². The highest BCUT2D eigenvalue weighted by molar-refractivity contribution is 6.04. The van der Waals surface area contributed by atoms with E-state index in [0.29, 0.717) is 5.69 Å². The molecule has 1 heterocycles. The predicted octanol–water partition coefficient (Wildman–Crippen LogP) is 2.61. The number of benzene rings is 1. The molecule has 3 nitrogen and oxygen atoms in total. The van der Waals surface area contributed by atoms with E-state index < -0.39 is 17.7 Å². The Kier molecular flexibility index (Phi) is 3.09. The highest BCUT2D eigenvalue weighted by Crippen LogP contribution is 2.12. The molecule has 86 valence electrons. The number of hydrogen-bond acceptors (Lipinski definition) is 2. The number of nitrogens with one attached hydrogen (secondary N) is 1. The topological polar surface area (TPSA) is 42.0 Å². The Morgan fingerprint density at radius 3 is 2.53 bits per heavy atom. The minimum Gasteiger partial charge on any atom is -0.322 e. The summed E-state index contributed by atoms with van der Waals surface area (Å²) in [6.07, 6.45) is 1.04. The summed E-state index contributed by atoms with van der Waals surface area (Å²) >= 11 is 0. The summed E-state index contributed by atoms with van der Waals surface area (Å²) in [5.74, 6) is -3.25. The second-order valence-corrected chi connectivity index (χ2v) is 3.28. The highest BCUT2D eigenvalue weighted by atomic mass is 19.2. The monoisotopic (exact) mass is 234 g/mol. The van der Waals surface area contributed by atoms with Gasteiger partial charge < -0.3 is 5.32 Å². The van der Waals surface area contributed by atoms with Crippen LogP contribution in [0.15, 0.2) is 42.6 Å². The molecule has 2 aromatic rings. The molecule has 5 heteroatoms. The van der Waals surface area contributed by atoms with Gasteiger partial charge in [0.1, 0.15) is 0 Å². The third-order valence-corrected chi connectivity index (χ3v) is 2.12. The van der Waals surface area contributed by atoms with Crippen LogP contribution in [-0.4, -0.2) is 10.9 Å². The van der Waals surface area contributed by atoms with E-state index in [1.165, 1.54) is 0 Å². The Hall–Kier alpha value is -2.30. The van der Waals surface area contributed by atoms with E-state index >= 15 is 0 Å². The van der Waals surface area contributed by atoms with Crippen molar-refractivity contribution in [3.05, 3.63) is 59.9 Å². The molecule has 0 aliphatic carbocycles. The largest absolute Gasteiger partial charge is 0.322 e. The molecule has 0 aliphatic heterocycles. The third-order valence-electron chi connectivity index (χ3n) is 2.12. The van der Waals surface area contributed by atoms with E-state index in [2.05, 4.69) is 10.3 Å². The molecule has 0 radical (unpaired) electrons. The fraction of sp³-hybridized carbons (Fsp3) is 0. The number of halogens is 2. The maximum atomic E-state index is 13.3. The second kappa shape index (κ2) is 4.69. The molecule has 2 rings (SSSR count). The zero-order valence-electron chi connectivity index (χ0n) is 8.65. The van der Waals surface area contributed by atoms with Crippen LogP contribution in [0.25, 0.3) is 0 Å². The van der Waals surface area contributed by atoms with Gasteiger partial charge in [0.2, 0.25) is 5.95 Å². The van der Waals surface area contributed by atoms with Crippen LogP contribution < -0.4 is 5.32 Å². The van der Waals surface area contributed by atoms with Crippen molar-refractivity contribution in [2.24, 2.45) is 0 Å². The maximum Gasteiger partial charge on any atom is 0.258 e. The number of pyridine rings is 1. The molecule has 1 amide bonds. The van der Waals surface area contributed by atoms with E-state index in [1.807, 2.05) is 0 Å². The van der Waals surface area contributed by atoms with E-state index in [0.717, 1.165) is 12.3 Å². The van der Waals surface area contributed by atoms with Gasteiger partial charge in [-0.1, -0.05) is 18.2 Å². The molecular formula is C12H8F2N2O. The quantitative estimate of drug-likeness (QED) is 0.811. The summed E-state index contributed by atoms with van der Waals surface area (Å²) in [6, 6.07) is 9.64. The van der Waals surface area contributed by atoms with Crippen LogP contribution in [-0.2, 0) is 0 Å². The fourth-order valence-corrected chi connectivity index (χ4v) is 1.31. The number of rotatable bonds is 2. The Labute approximate surface area is 96.1 Å². The minimum atomic E-state index is -1.29. The molecule has 0 spiro atoms. The van der Waals surface area contributed by atoms with Crippen molar-refractivity contribution in [2.45, 2.75) is 0 Å². The molecule has 0 unspecified atom stereocenters. The second-order valence-electron chi connectivity index (χ2n) is 3.28. The third kappa shape index (κ3) is 2.44. The minimum absolute atomic E-state index is 0.374. The van der Waals surface area contributed by atoms with Crippen LogP contribution in [0.5, 0.6) is 0 Å². The Bertz CT molecular complexity index is 543. The summed E-state index contributed by atoms with van der Waals surface area (Å²) in [5.41, 5.74) is 0.135. The standard InChI is InChI=1S/C12H8F2N2O/c13-10-9(6-7-15-11(10)14)12(17)16-8-4-2-1-3-5-8/h1-7H,(H,16,17). The van der Waals surface area contributed by atoms with Gasteiger partial charge in [-0.2, -0.15) is 4.39 Å². The maximum absolute atomic E-state index is 13.3. The van der Waals surface area contributed by atoms with Gasteiger partial charge >= 0.3 is 0 Å². The first kappa shape index (κ1) is 11.2. The van der Waals surface area contributed by atoms with E-state index in [9.17, 15) is 13.6 Å². The number of hydrogen-bond donors (Lipinski definition) is 1. The molecule has 0 fully saturated rings. The normalized spacial score (nSPS) is 10.0. The van der Waals surface area contributed by atoms with Gasteiger partial charge in [0, 0.05) is 11.9 Å². The zero-order valence-corrected chi connectivity index (χ0v) is 8.65. The lowest BCUT2D eigenvalue weighted by molar-refractivity contribution is 0.102. The van der Waals surface area contributed by atoms with Gasteiger partial charge in [-0.25, -0.2) is 9.37 Å². The van der Waals surface area contributed by atoms with E-state index in [4.69, 9.17) is 0 Å². The summed E-state index contributed by atoms with van der Waals surface area (Å²) < 4.78 is 26.1. The highest BCUT2D eigenvalue weighted by Gasteiger charge is 2.15. The van der Waals surface area contributed by atoms with Crippen molar-refractivity contribution in [2.75, 3.05) is 5.32 Å². The summed E-state index contributed by atoms with van der Waals surface area (Å²) in [5, 5.41) is 2.45. The van der Waals surface area contributed by atoms with Crippen molar-refractivity contribution in [3.63, 3.8) is 0 Å². The Morgan fingerprint density at radius 2 is 1.82 bits per heavy atom. The number of amides is 1. The number of aromatic nitrogens is 1. The molecule has 1 N–H and O–H groups in total. The van der Waals surface area contributed by atoms with Crippen LogP contribution in [0.3, 0.4) is 0 Å². The smallest absolute Gasteiger partial charge is 0.258 e.